The highest BCUT2D eigenvalue weighted by molar-refractivity contribution is 6.35. The molecule has 128 valence electrons. The first-order valence-electron chi connectivity index (χ1n) is 7.24. The van der Waals surface area contributed by atoms with Crippen molar-refractivity contribution in [2.45, 2.75) is 33.8 Å². The quantitative estimate of drug-likeness (QED) is 0.793. The van der Waals surface area contributed by atoms with Gasteiger partial charge in [-0.05, 0) is 45.9 Å². The van der Waals surface area contributed by atoms with E-state index >= 15 is 0 Å². The maximum absolute atomic E-state index is 12.3. The number of hydrogen-bond donors (Lipinski definition) is 1. The maximum atomic E-state index is 12.3. The number of aryl methyl sites for hydroxylation is 2. The van der Waals surface area contributed by atoms with Gasteiger partial charge in [0.05, 0.1) is 10.7 Å². The molecule has 1 amide bonds. The molecule has 1 N–H and O–H groups in total. The van der Waals surface area contributed by atoms with Crippen LogP contribution in [0.3, 0.4) is 0 Å². The number of furan rings is 1. The van der Waals surface area contributed by atoms with E-state index in [2.05, 4.69) is 5.32 Å². The van der Waals surface area contributed by atoms with Gasteiger partial charge >= 0.3 is 5.97 Å². The van der Waals surface area contributed by atoms with Gasteiger partial charge in [-0.25, -0.2) is 4.79 Å². The third-order valence-electron chi connectivity index (χ3n) is 3.60. The molecule has 1 aromatic carbocycles. The first-order chi connectivity index (χ1) is 11.2. The van der Waals surface area contributed by atoms with Crippen molar-refractivity contribution in [2.75, 3.05) is 5.32 Å². The minimum absolute atomic E-state index is 0.337. The van der Waals surface area contributed by atoms with Gasteiger partial charge in [0, 0.05) is 10.6 Å². The van der Waals surface area contributed by atoms with Crippen LogP contribution in [0.5, 0.6) is 0 Å². The zero-order valence-corrected chi connectivity index (χ0v) is 15.2. The van der Waals surface area contributed by atoms with Gasteiger partial charge in [0.2, 0.25) is 0 Å². The summed E-state index contributed by atoms with van der Waals surface area (Å²) in [6.45, 7) is 6.67. The van der Waals surface area contributed by atoms with Gasteiger partial charge in [0.15, 0.2) is 6.10 Å². The summed E-state index contributed by atoms with van der Waals surface area (Å²) in [5.41, 5.74) is 1.39. The minimum Gasteiger partial charge on any atom is -0.465 e. The number of anilines is 1. The van der Waals surface area contributed by atoms with E-state index in [-0.39, 0.29) is 0 Å². The molecule has 1 heterocycles. The summed E-state index contributed by atoms with van der Waals surface area (Å²) in [6.07, 6.45) is -1.01. The van der Waals surface area contributed by atoms with Gasteiger partial charge in [-0.15, -0.1) is 0 Å². The summed E-state index contributed by atoms with van der Waals surface area (Å²) >= 11 is 11.9. The number of nitrogens with one attached hydrogen (secondary N) is 1. The highest BCUT2D eigenvalue weighted by Crippen LogP contribution is 2.26. The van der Waals surface area contributed by atoms with E-state index in [9.17, 15) is 9.59 Å². The summed E-state index contributed by atoms with van der Waals surface area (Å²) in [5.74, 6) is -0.0208. The molecule has 0 bridgehead atoms. The molecule has 7 heteroatoms. The Morgan fingerprint density at radius 3 is 2.42 bits per heavy atom. The number of amides is 1. The molecule has 0 spiro atoms. The number of halogens is 2. The third-order valence-corrected chi connectivity index (χ3v) is 4.17. The Hall–Kier alpha value is -1.98. The molecular weight excluding hydrogens is 353 g/mol. The van der Waals surface area contributed by atoms with E-state index in [1.54, 1.807) is 32.9 Å². The van der Waals surface area contributed by atoms with Gasteiger partial charge in [-0.2, -0.15) is 0 Å². The van der Waals surface area contributed by atoms with E-state index < -0.39 is 18.0 Å². The smallest absolute Gasteiger partial charge is 0.342 e. The van der Waals surface area contributed by atoms with E-state index in [1.165, 1.54) is 13.0 Å². The Balaban J connectivity index is 2.08. The number of benzene rings is 1. The molecule has 24 heavy (non-hydrogen) atoms. The zero-order chi connectivity index (χ0) is 18.0. The molecular formula is C17H17Cl2NO4. The summed E-state index contributed by atoms with van der Waals surface area (Å²) in [6, 6.07) is 4.69. The van der Waals surface area contributed by atoms with Crippen LogP contribution in [0.2, 0.25) is 10.0 Å². The number of hydrogen-bond acceptors (Lipinski definition) is 4. The van der Waals surface area contributed by atoms with Crippen molar-refractivity contribution >= 4 is 40.8 Å². The van der Waals surface area contributed by atoms with Crippen LogP contribution >= 0.6 is 23.2 Å². The SMILES string of the molecule is Cc1oc(C)c(C(=O)O[C@@H](C)C(=O)Nc2cc(Cl)ccc2Cl)c1C. The van der Waals surface area contributed by atoms with Crippen molar-refractivity contribution in [3.05, 3.63) is 50.9 Å². The molecule has 1 atom stereocenters. The lowest BCUT2D eigenvalue weighted by Crippen LogP contribution is -2.30. The predicted molar refractivity (Wildman–Crippen MR) is 92.9 cm³/mol. The maximum Gasteiger partial charge on any atom is 0.342 e. The lowest BCUT2D eigenvalue weighted by atomic mass is 10.1. The van der Waals surface area contributed by atoms with Crippen LogP contribution in [0.15, 0.2) is 22.6 Å². The fourth-order valence-electron chi connectivity index (χ4n) is 2.19. The summed E-state index contributed by atoms with van der Waals surface area (Å²) in [7, 11) is 0. The van der Waals surface area contributed by atoms with Crippen molar-refractivity contribution in [3.63, 3.8) is 0 Å². The topological polar surface area (TPSA) is 68.5 Å². The van der Waals surface area contributed by atoms with Gasteiger partial charge in [-0.3, -0.25) is 4.79 Å². The Labute approximate surface area is 149 Å². The van der Waals surface area contributed by atoms with Gasteiger partial charge in [0.25, 0.3) is 5.91 Å². The second-order valence-electron chi connectivity index (χ2n) is 5.38. The fraction of sp³-hybridized carbons (Fsp3) is 0.294. The molecule has 0 fully saturated rings. The second-order valence-corrected chi connectivity index (χ2v) is 6.22. The summed E-state index contributed by atoms with van der Waals surface area (Å²) in [4.78, 5) is 24.5. The van der Waals surface area contributed by atoms with Gasteiger partial charge < -0.3 is 14.5 Å². The summed E-state index contributed by atoms with van der Waals surface area (Å²) in [5, 5.41) is 3.35. The lowest BCUT2D eigenvalue weighted by molar-refractivity contribution is -0.123. The number of rotatable bonds is 4. The normalized spacial score (nSPS) is 11.9. The van der Waals surface area contributed by atoms with E-state index in [0.29, 0.717) is 38.4 Å². The van der Waals surface area contributed by atoms with Gasteiger partial charge in [-0.1, -0.05) is 23.2 Å². The van der Waals surface area contributed by atoms with Gasteiger partial charge in [0.1, 0.15) is 17.1 Å². The molecule has 2 aromatic rings. The number of carbonyl (C=O) groups excluding carboxylic acids is 2. The molecule has 0 aliphatic rings. The highest BCUT2D eigenvalue weighted by Gasteiger charge is 2.25. The Bertz CT molecular complexity index is 798. The van der Waals surface area contributed by atoms with E-state index in [0.717, 1.165) is 0 Å². The van der Waals surface area contributed by atoms with Crippen LogP contribution in [0.25, 0.3) is 0 Å². The van der Waals surface area contributed by atoms with Crippen molar-refractivity contribution in [2.24, 2.45) is 0 Å². The first-order valence-corrected chi connectivity index (χ1v) is 7.99. The standard InChI is InChI=1S/C17H17Cl2NO4/c1-8-9(2)23-10(3)15(8)17(22)24-11(4)16(21)20-14-7-12(18)5-6-13(14)19/h5-7,11H,1-4H3,(H,20,21)/t11-/m0/s1. The largest absolute Gasteiger partial charge is 0.465 e. The molecule has 1 aromatic heterocycles. The average Bonchev–Trinajstić information content (AvgIpc) is 2.75. The van der Waals surface area contributed by atoms with Crippen molar-refractivity contribution in [1.29, 1.82) is 0 Å². The van der Waals surface area contributed by atoms with Crippen LogP contribution in [-0.2, 0) is 9.53 Å². The molecule has 0 saturated carbocycles. The first kappa shape index (κ1) is 18.4. The number of esters is 1. The van der Waals surface area contributed by atoms with Crippen molar-refractivity contribution in [1.82, 2.24) is 0 Å². The second kappa shape index (κ2) is 7.28. The van der Waals surface area contributed by atoms with Crippen LogP contribution in [-0.4, -0.2) is 18.0 Å². The molecule has 2 rings (SSSR count). The lowest BCUT2D eigenvalue weighted by Gasteiger charge is -2.14. The predicted octanol–water partition coefficient (Wildman–Crippen LogP) is 4.70. The number of carbonyl (C=O) groups is 2. The zero-order valence-electron chi connectivity index (χ0n) is 13.7. The third kappa shape index (κ3) is 3.91. The summed E-state index contributed by atoms with van der Waals surface area (Å²) < 4.78 is 10.6. The Morgan fingerprint density at radius 2 is 1.83 bits per heavy atom. The molecule has 0 unspecified atom stereocenters. The van der Waals surface area contributed by atoms with E-state index in [1.807, 2.05) is 0 Å². The molecule has 0 aliphatic heterocycles. The Kier molecular flexibility index (Phi) is 5.57. The molecule has 0 saturated heterocycles. The minimum atomic E-state index is -1.01. The fourth-order valence-corrected chi connectivity index (χ4v) is 2.53. The molecule has 0 aliphatic carbocycles. The van der Waals surface area contributed by atoms with Crippen LogP contribution in [0, 0.1) is 20.8 Å². The number of ether oxygens (including phenoxy) is 1. The highest BCUT2D eigenvalue weighted by atomic mass is 35.5. The monoisotopic (exact) mass is 369 g/mol. The van der Waals surface area contributed by atoms with E-state index in [4.69, 9.17) is 32.4 Å². The van der Waals surface area contributed by atoms with Crippen molar-refractivity contribution in [3.8, 4) is 0 Å². The molecule has 0 radical (unpaired) electrons. The van der Waals surface area contributed by atoms with Crippen LogP contribution in [0.1, 0.15) is 34.4 Å². The average molecular weight is 370 g/mol. The van der Waals surface area contributed by atoms with Crippen LogP contribution < -0.4 is 5.32 Å². The molecule has 5 nitrogen and oxygen atoms in total. The van der Waals surface area contributed by atoms with Crippen LogP contribution in [0.4, 0.5) is 5.69 Å². The Morgan fingerprint density at radius 1 is 1.17 bits per heavy atom. The van der Waals surface area contributed by atoms with Crippen molar-refractivity contribution < 1.29 is 18.7 Å².